The number of benzene rings is 2. The molecule has 0 bridgehead atoms. The Balaban J connectivity index is 2.11. The fourth-order valence-corrected chi connectivity index (χ4v) is 2.27. The molecule has 3 aromatic rings. The van der Waals surface area contributed by atoms with Crippen LogP contribution in [0.3, 0.4) is 0 Å². The third kappa shape index (κ3) is 2.41. The topological polar surface area (TPSA) is 30.7 Å². The van der Waals surface area contributed by atoms with Crippen LogP contribution in [0.15, 0.2) is 42.5 Å². The van der Waals surface area contributed by atoms with Crippen molar-refractivity contribution in [2.24, 2.45) is 0 Å². The number of rotatable bonds is 1. The fourth-order valence-electron chi connectivity index (χ4n) is 2.10. The zero-order chi connectivity index (χ0) is 14.3. The summed E-state index contributed by atoms with van der Waals surface area (Å²) in [5, 5.41) is 9.66. The van der Waals surface area contributed by atoms with Crippen LogP contribution in [0.2, 0.25) is 5.02 Å². The van der Waals surface area contributed by atoms with Crippen LogP contribution in [-0.2, 0) is 5.41 Å². The van der Waals surface area contributed by atoms with Gasteiger partial charge in [-0.25, -0.2) is 0 Å². The summed E-state index contributed by atoms with van der Waals surface area (Å²) >= 11 is 5.98. The van der Waals surface area contributed by atoms with Gasteiger partial charge in [-0.15, -0.1) is 10.2 Å². The van der Waals surface area contributed by atoms with Crippen LogP contribution < -0.4 is 0 Å². The number of fused-ring (bicyclic) bond motifs is 1. The first-order valence-corrected chi connectivity index (χ1v) is 6.95. The van der Waals surface area contributed by atoms with Crippen molar-refractivity contribution in [2.75, 3.05) is 0 Å². The molecule has 4 heteroatoms. The van der Waals surface area contributed by atoms with E-state index in [0.717, 1.165) is 16.7 Å². The maximum Gasteiger partial charge on any atom is 0.115 e. The molecule has 0 unspecified atom stereocenters. The van der Waals surface area contributed by atoms with Crippen molar-refractivity contribution >= 4 is 22.6 Å². The molecular formula is C16H16ClN3. The fraction of sp³-hybridized carbons (Fsp3) is 0.250. The first-order chi connectivity index (χ1) is 9.43. The lowest BCUT2D eigenvalue weighted by Gasteiger charge is -2.19. The van der Waals surface area contributed by atoms with Gasteiger partial charge in [0.05, 0.1) is 5.69 Å². The van der Waals surface area contributed by atoms with E-state index < -0.39 is 0 Å². The summed E-state index contributed by atoms with van der Waals surface area (Å²) < 4.78 is 0. The Morgan fingerprint density at radius 1 is 0.950 bits per heavy atom. The van der Waals surface area contributed by atoms with Crippen molar-refractivity contribution in [2.45, 2.75) is 26.2 Å². The van der Waals surface area contributed by atoms with E-state index >= 15 is 0 Å². The van der Waals surface area contributed by atoms with Gasteiger partial charge in [-0.3, -0.25) is 0 Å². The minimum atomic E-state index is 0.103. The van der Waals surface area contributed by atoms with Crippen LogP contribution in [0.5, 0.6) is 0 Å². The predicted molar refractivity (Wildman–Crippen MR) is 82.6 cm³/mol. The van der Waals surface area contributed by atoms with Gasteiger partial charge >= 0.3 is 0 Å². The Hall–Kier alpha value is -1.87. The smallest absolute Gasteiger partial charge is 0.115 e. The van der Waals surface area contributed by atoms with Crippen LogP contribution in [0.1, 0.15) is 26.3 Å². The molecule has 0 radical (unpaired) electrons. The second kappa shape index (κ2) is 4.60. The van der Waals surface area contributed by atoms with Gasteiger partial charge in [0.2, 0.25) is 0 Å². The van der Waals surface area contributed by atoms with E-state index in [1.165, 1.54) is 5.56 Å². The first-order valence-electron chi connectivity index (χ1n) is 6.57. The number of nitrogens with zero attached hydrogens (tertiary/aromatic N) is 3. The summed E-state index contributed by atoms with van der Waals surface area (Å²) in [6.07, 6.45) is 0. The molecule has 0 aliphatic carbocycles. The molecule has 0 saturated heterocycles. The van der Waals surface area contributed by atoms with E-state index in [4.69, 9.17) is 11.6 Å². The molecule has 20 heavy (non-hydrogen) atoms. The molecule has 0 atom stereocenters. The molecule has 0 N–H and O–H groups in total. The van der Waals surface area contributed by atoms with E-state index in [1.807, 2.05) is 30.3 Å². The van der Waals surface area contributed by atoms with Crippen LogP contribution in [-0.4, -0.2) is 15.0 Å². The molecular weight excluding hydrogens is 270 g/mol. The van der Waals surface area contributed by atoms with Crippen molar-refractivity contribution in [1.29, 1.82) is 0 Å². The summed E-state index contributed by atoms with van der Waals surface area (Å²) in [5.41, 5.74) is 3.97. The van der Waals surface area contributed by atoms with Gasteiger partial charge in [-0.05, 0) is 41.3 Å². The Morgan fingerprint density at radius 2 is 1.70 bits per heavy atom. The highest BCUT2D eigenvalue weighted by molar-refractivity contribution is 6.31. The summed E-state index contributed by atoms with van der Waals surface area (Å²) in [4.78, 5) is 1.66. The maximum atomic E-state index is 5.98. The van der Waals surface area contributed by atoms with Gasteiger partial charge in [-0.1, -0.05) is 44.5 Å². The van der Waals surface area contributed by atoms with Gasteiger partial charge in [0.15, 0.2) is 0 Å². The zero-order valence-electron chi connectivity index (χ0n) is 11.8. The first kappa shape index (κ1) is 13.1. The van der Waals surface area contributed by atoms with Gasteiger partial charge < -0.3 is 0 Å². The predicted octanol–water partition coefficient (Wildman–Crippen LogP) is 4.37. The number of hydrogen-bond donors (Lipinski definition) is 0. The zero-order valence-corrected chi connectivity index (χ0v) is 12.5. The summed E-state index contributed by atoms with van der Waals surface area (Å²) in [5.74, 6) is 0. The van der Waals surface area contributed by atoms with E-state index in [2.05, 4.69) is 43.1 Å². The molecule has 0 aliphatic heterocycles. The lowest BCUT2D eigenvalue weighted by molar-refractivity contribution is 0.588. The van der Waals surface area contributed by atoms with E-state index in [0.29, 0.717) is 5.02 Å². The molecule has 3 rings (SSSR count). The molecule has 1 aromatic heterocycles. The third-order valence-corrected chi connectivity index (χ3v) is 3.52. The molecule has 1 heterocycles. The van der Waals surface area contributed by atoms with Gasteiger partial charge in [0.25, 0.3) is 0 Å². The van der Waals surface area contributed by atoms with Crippen molar-refractivity contribution in [3.63, 3.8) is 0 Å². The second-order valence-corrected chi connectivity index (χ2v) is 6.36. The van der Waals surface area contributed by atoms with Gasteiger partial charge in [-0.2, -0.15) is 4.80 Å². The minimum absolute atomic E-state index is 0.103. The lowest BCUT2D eigenvalue weighted by Crippen LogP contribution is -2.12. The molecule has 0 spiro atoms. The third-order valence-electron chi connectivity index (χ3n) is 3.29. The highest BCUT2D eigenvalue weighted by atomic mass is 35.5. The molecule has 102 valence electrons. The highest BCUT2D eigenvalue weighted by Crippen LogP contribution is 2.24. The van der Waals surface area contributed by atoms with Crippen molar-refractivity contribution < 1.29 is 0 Å². The molecule has 2 aromatic carbocycles. The normalized spacial score (nSPS) is 12.0. The number of hydrogen-bond acceptors (Lipinski definition) is 2. The Morgan fingerprint density at radius 3 is 2.45 bits per heavy atom. The summed E-state index contributed by atoms with van der Waals surface area (Å²) in [7, 11) is 0. The SMILES string of the molecule is CC(C)(C)c1cccc(-n2nc3ccc(Cl)cc3n2)c1. The van der Waals surface area contributed by atoms with E-state index in [9.17, 15) is 0 Å². The lowest BCUT2D eigenvalue weighted by atomic mass is 9.87. The standard InChI is InChI=1S/C16H16ClN3/c1-16(2,3)11-5-4-6-13(9-11)20-18-14-8-7-12(17)10-15(14)19-20/h4-10H,1-3H3. The molecule has 0 fully saturated rings. The number of aromatic nitrogens is 3. The summed E-state index contributed by atoms with van der Waals surface area (Å²) in [6.45, 7) is 6.58. The van der Waals surface area contributed by atoms with E-state index in [1.54, 1.807) is 4.80 Å². The average Bonchev–Trinajstić information content (AvgIpc) is 2.81. The van der Waals surface area contributed by atoms with E-state index in [-0.39, 0.29) is 5.41 Å². The summed E-state index contributed by atoms with van der Waals surface area (Å²) in [6, 6.07) is 13.8. The van der Waals surface area contributed by atoms with Crippen molar-refractivity contribution in [3.05, 3.63) is 53.1 Å². The van der Waals surface area contributed by atoms with Crippen LogP contribution >= 0.6 is 11.6 Å². The van der Waals surface area contributed by atoms with Crippen LogP contribution in [0, 0.1) is 0 Å². The van der Waals surface area contributed by atoms with Crippen LogP contribution in [0.4, 0.5) is 0 Å². The Labute approximate surface area is 123 Å². The van der Waals surface area contributed by atoms with Crippen molar-refractivity contribution in [3.8, 4) is 5.69 Å². The van der Waals surface area contributed by atoms with Crippen LogP contribution in [0.25, 0.3) is 16.7 Å². The maximum absolute atomic E-state index is 5.98. The monoisotopic (exact) mass is 285 g/mol. The molecule has 0 saturated carbocycles. The van der Waals surface area contributed by atoms with Gasteiger partial charge in [0.1, 0.15) is 11.0 Å². The van der Waals surface area contributed by atoms with Gasteiger partial charge in [0, 0.05) is 5.02 Å². The largest absolute Gasteiger partial charge is 0.150 e. The Kier molecular flexibility index (Phi) is 3.02. The molecule has 3 nitrogen and oxygen atoms in total. The number of halogens is 1. The second-order valence-electron chi connectivity index (χ2n) is 5.92. The highest BCUT2D eigenvalue weighted by Gasteiger charge is 2.14. The molecule has 0 aliphatic rings. The van der Waals surface area contributed by atoms with Crippen molar-refractivity contribution in [1.82, 2.24) is 15.0 Å². The quantitative estimate of drug-likeness (QED) is 0.664. The average molecular weight is 286 g/mol. The minimum Gasteiger partial charge on any atom is -0.150 e. The Bertz CT molecular complexity index is 769. The molecule has 0 amide bonds.